The van der Waals surface area contributed by atoms with E-state index in [-0.39, 0.29) is 0 Å². The van der Waals surface area contributed by atoms with Crippen LogP contribution in [0.4, 0.5) is 0 Å². The Bertz CT molecular complexity index is 246. The Hall–Kier alpha value is -0.720. The van der Waals surface area contributed by atoms with Gasteiger partial charge in [-0.05, 0) is 38.3 Å². The average Bonchev–Trinajstić information content (AvgIpc) is 2.46. The van der Waals surface area contributed by atoms with Gasteiger partial charge in [0.1, 0.15) is 0 Å². The highest BCUT2D eigenvalue weighted by atomic mass is 15.0. The molecule has 1 nitrogen and oxygen atoms in total. The Balaban J connectivity index is 3.05. The molecular weight excluding hydrogens is 146 g/mol. The van der Waals surface area contributed by atoms with Crippen LogP contribution >= 0.6 is 0 Å². The van der Waals surface area contributed by atoms with Crippen LogP contribution in [0.1, 0.15) is 45.0 Å². The van der Waals surface area contributed by atoms with E-state index in [1.54, 1.807) is 0 Å². The fourth-order valence-corrected chi connectivity index (χ4v) is 1.74. The first-order valence-corrected chi connectivity index (χ1v) is 4.89. The van der Waals surface area contributed by atoms with Crippen molar-refractivity contribution in [3.63, 3.8) is 0 Å². The van der Waals surface area contributed by atoms with E-state index in [9.17, 15) is 0 Å². The largest absolute Gasteiger partial charge is 0.349 e. The summed E-state index contributed by atoms with van der Waals surface area (Å²) in [5.74, 6) is 0. The van der Waals surface area contributed by atoms with Crippen molar-refractivity contribution in [2.24, 2.45) is 0 Å². The van der Waals surface area contributed by atoms with Crippen LogP contribution in [0.25, 0.3) is 0 Å². The molecule has 0 bridgehead atoms. The fourth-order valence-electron chi connectivity index (χ4n) is 1.74. The number of hydrogen-bond acceptors (Lipinski definition) is 0. The monoisotopic (exact) mass is 165 g/mol. The minimum atomic E-state index is 0.597. The number of rotatable bonds is 3. The third-order valence-electron chi connectivity index (χ3n) is 2.39. The second kappa shape index (κ2) is 3.79. The van der Waals surface area contributed by atoms with Crippen LogP contribution in [-0.4, -0.2) is 4.57 Å². The Labute approximate surface area is 75.4 Å². The quantitative estimate of drug-likeness (QED) is 0.648. The molecule has 12 heavy (non-hydrogen) atoms. The van der Waals surface area contributed by atoms with Crippen molar-refractivity contribution in [2.45, 2.75) is 46.6 Å². The maximum absolute atomic E-state index is 2.37. The Morgan fingerprint density at radius 2 is 1.92 bits per heavy atom. The average molecular weight is 165 g/mol. The minimum absolute atomic E-state index is 0.597. The minimum Gasteiger partial charge on any atom is -0.349 e. The highest BCUT2D eigenvalue weighted by Crippen LogP contribution is 2.17. The van der Waals surface area contributed by atoms with Gasteiger partial charge in [-0.3, -0.25) is 0 Å². The zero-order chi connectivity index (χ0) is 9.14. The topological polar surface area (TPSA) is 4.93 Å². The van der Waals surface area contributed by atoms with Gasteiger partial charge in [0.2, 0.25) is 0 Å². The van der Waals surface area contributed by atoms with Crippen molar-refractivity contribution in [1.82, 2.24) is 4.57 Å². The molecule has 1 heterocycles. The van der Waals surface area contributed by atoms with E-state index in [0.29, 0.717) is 6.04 Å². The zero-order valence-electron chi connectivity index (χ0n) is 8.59. The van der Waals surface area contributed by atoms with Crippen molar-refractivity contribution in [2.75, 3.05) is 0 Å². The van der Waals surface area contributed by atoms with Gasteiger partial charge >= 0.3 is 0 Å². The van der Waals surface area contributed by atoms with Crippen LogP contribution in [0.5, 0.6) is 0 Å². The van der Waals surface area contributed by atoms with E-state index < -0.39 is 0 Å². The van der Waals surface area contributed by atoms with Gasteiger partial charge in [-0.1, -0.05) is 13.8 Å². The van der Waals surface area contributed by atoms with Crippen molar-refractivity contribution in [3.8, 4) is 0 Å². The van der Waals surface area contributed by atoms with Crippen molar-refractivity contribution < 1.29 is 0 Å². The molecule has 0 fully saturated rings. The van der Waals surface area contributed by atoms with Crippen molar-refractivity contribution >= 4 is 0 Å². The zero-order valence-corrected chi connectivity index (χ0v) is 8.59. The molecule has 1 rings (SSSR count). The standard InChI is InChI=1S/C11H19N/c1-5-10-7-8-12(9(3)4)11(10)6-2/h7-9H,5-6H2,1-4H3. The molecule has 0 aliphatic heterocycles. The van der Waals surface area contributed by atoms with Crippen LogP contribution in [0.15, 0.2) is 12.3 Å². The molecule has 1 aromatic heterocycles. The summed E-state index contributed by atoms with van der Waals surface area (Å²) in [6.07, 6.45) is 4.51. The van der Waals surface area contributed by atoms with Crippen LogP contribution in [-0.2, 0) is 12.8 Å². The molecule has 0 saturated carbocycles. The summed E-state index contributed by atoms with van der Waals surface area (Å²) in [6.45, 7) is 8.92. The highest BCUT2D eigenvalue weighted by molar-refractivity contribution is 5.22. The Morgan fingerprint density at radius 3 is 2.33 bits per heavy atom. The van der Waals surface area contributed by atoms with Gasteiger partial charge in [-0.25, -0.2) is 0 Å². The summed E-state index contributed by atoms with van der Waals surface area (Å²) in [5, 5.41) is 0. The van der Waals surface area contributed by atoms with Crippen molar-refractivity contribution in [1.29, 1.82) is 0 Å². The summed E-state index contributed by atoms with van der Waals surface area (Å²) in [5.41, 5.74) is 3.01. The lowest BCUT2D eigenvalue weighted by Crippen LogP contribution is -2.04. The molecular formula is C11H19N. The lowest BCUT2D eigenvalue weighted by molar-refractivity contribution is 0.577. The third-order valence-corrected chi connectivity index (χ3v) is 2.39. The predicted molar refractivity (Wildman–Crippen MR) is 53.6 cm³/mol. The summed E-state index contributed by atoms with van der Waals surface area (Å²) < 4.78 is 2.37. The number of aromatic nitrogens is 1. The first-order valence-electron chi connectivity index (χ1n) is 4.89. The predicted octanol–water partition coefficient (Wildman–Crippen LogP) is 3.19. The van der Waals surface area contributed by atoms with Gasteiger partial charge in [0.05, 0.1) is 0 Å². The Kier molecular flexibility index (Phi) is 2.96. The SMILES string of the molecule is CCc1ccn(C(C)C)c1CC. The normalized spacial score (nSPS) is 11.1. The lowest BCUT2D eigenvalue weighted by Gasteiger charge is -2.12. The summed E-state index contributed by atoms with van der Waals surface area (Å²) in [4.78, 5) is 0. The number of nitrogens with zero attached hydrogens (tertiary/aromatic N) is 1. The molecule has 0 aliphatic carbocycles. The fraction of sp³-hybridized carbons (Fsp3) is 0.636. The molecule has 0 aliphatic rings. The van der Waals surface area contributed by atoms with E-state index in [4.69, 9.17) is 0 Å². The first-order chi connectivity index (χ1) is 5.70. The highest BCUT2D eigenvalue weighted by Gasteiger charge is 2.07. The molecule has 0 amide bonds. The molecule has 0 N–H and O–H groups in total. The molecule has 0 saturated heterocycles. The van der Waals surface area contributed by atoms with Crippen LogP contribution < -0.4 is 0 Å². The van der Waals surface area contributed by atoms with Crippen LogP contribution in [0.2, 0.25) is 0 Å². The number of hydrogen-bond donors (Lipinski definition) is 0. The second-order valence-electron chi connectivity index (χ2n) is 3.50. The second-order valence-corrected chi connectivity index (χ2v) is 3.50. The molecule has 1 aromatic rings. The molecule has 0 atom stereocenters. The van der Waals surface area contributed by atoms with Gasteiger partial charge in [-0.2, -0.15) is 0 Å². The first kappa shape index (κ1) is 9.37. The van der Waals surface area contributed by atoms with Gasteiger partial charge in [0, 0.05) is 17.9 Å². The molecule has 0 aromatic carbocycles. The third kappa shape index (κ3) is 1.55. The maximum Gasteiger partial charge on any atom is 0.0276 e. The molecule has 1 heteroatoms. The van der Waals surface area contributed by atoms with Gasteiger partial charge < -0.3 is 4.57 Å². The molecule has 0 radical (unpaired) electrons. The Morgan fingerprint density at radius 1 is 1.25 bits per heavy atom. The van der Waals surface area contributed by atoms with E-state index in [0.717, 1.165) is 12.8 Å². The lowest BCUT2D eigenvalue weighted by atomic mass is 10.1. The van der Waals surface area contributed by atoms with E-state index in [1.165, 1.54) is 11.3 Å². The van der Waals surface area contributed by atoms with E-state index >= 15 is 0 Å². The van der Waals surface area contributed by atoms with Gasteiger partial charge in [0.15, 0.2) is 0 Å². The van der Waals surface area contributed by atoms with Gasteiger partial charge in [0.25, 0.3) is 0 Å². The molecule has 0 unspecified atom stereocenters. The maximum atomic E-state index is 2.37. The number of aryl methyl sites for hydroxylation is 1. The summed E-state index contributed by atoms with van der Waals surface area (Å²) in [7, 11) is 0. The van der Waals surface area contributed by atoms with Crippen molar-refractivity contribution in [3.05, 3.63) is 23.5 Å². The van der Waals surface area contributed by atoms with Crippen LogP contribution in [0.3, 0.4) is 0 Å². The smallest absolute Gasteiger partial charge is 0.0276 e. The van der Waals surface area contributed by atoms with E-state index in [1.807, 2.05) is 0 Å². The summed E-state index contributed by atoms with van der Waals surface area (Å²) >= 11 is 0. The van der Waals surface area contributed by atoms with E-state index in [2.05, 4.69) is 44.5 Å². The van der Waals surface area contributed by atoms with Gasteiger partial charge in [-0.15, -0.1) is 0 Å². The molecule has 68 valence electrons. The van der Waals surface area contributed by atoms with Crippen LogP contribution in [0, 0.1) is 0 Å². The summed E-state index contributed by atoms with van der Waals surface area (Å²) in [6, 6.07) is 2.85. The molecule has 0 spiro atoms.